The minimum Gasteiger partial charge on any atom is -0.399 e. The highest BCUT2D eigenvalue weighted by Crippen LogP contribution is 2.36. The number of hydrogen-bond acceptors (Lipinski definition) is 4. The molecule has 0 spiro atoms. The molecule has 116 valence electrons. The van der Waals surface area contributed by atoms with Crippen molar-refractivity contribution >= 4 is 35.3 Å². The fourth-order valence-corrected chi connectivity index (χ4v) is 3.23. The first-order chi connectivity index (χ1) is 10.2. The Morgan fingerprint density at radius 1 is 1.09 bits per heavy atom. The molecule has 0 saturated carbocycles. The minimum atomic E-state index is -0.363. The van der Waals surface area contributed by atoms with Gasteiger partial charge in [0.1, 0.15) is 5.04 Å². The van der Waals surface area contributed by atoms with Crippen LogP contribution < -0.4 is 5.46 Å². The topological polar surface area (TPSA) is 47.9 Å². The predicted molar refractivity (Wildman–Crippen MR) is 90.8 cm³/mol. The summed E-state index contributed by atoms with van der Waals surface area (Å²) in [5, 5.41) is 0.704. The summed E-state index contributed by atoms with van der Waals surface area (Å²) >= 11 is 1.50. The van der Waals surface area contributed by atoms with Crippen molar-refractivity contribution in [1.29, 1.82) is 0 Å². The van der Waals surface area contributed by atoms with Gasteiger partial charge in [0.05, 0.1) is 16.5 Å². The number of carbonyl (C=O) groups excluding carboxylic acids is 1. The molecule has 4 nitrogen and oxygen atoms in total. The van der Waals surface area contributed by atoms with Gasteiger partial charge in [-0.25, -0.2) is 4.99 Å². The Hall–Kier alpha value is -1.11. The molecule has 1 fully saturated rings. The predicted octanol–water partition coefficient (Wildman–Crippen LogP) is 2.39. The molecule has 0 bridgehead atoms. The highest BCUT2D eigenvalue weighted by molar-refractivity contribution is 8.16. The van der Waals surface area contributed by atoms with Crippen LogP contribution in [0.15, 0.2) is 29.3 Å². The van der Waals surface area contributed by atoms with E-state index in [-0.39, 0.29) is 29.5 Å². The summed E-state index contributed by atoms with van der Waals surface area (Å²) in [6, 6.07) is 7.90. The van der Waals surface area contributed by atoms with Crippen molar-refractivity contribution in [3.8, 4) is 0 Å². The summed E-state index contributed by atoms with van der Waals surface area (Å²) in [4.78, 5) is 15.6. The second kappa shape index (κ2) is 5.22. The molecule has 3 rings (SSSR count). The average Bonchev–Trinajstić information content (AvgIpc) is 2.87. The third kappa shape index (κ3) is 2.64. The first kappa shape index (κ1) is 15.8. The van der Waals surface area contributed by atoms with E-state index in [4.69, 9.17) is 9.31 Å². The number of carbonyl (C=O) groups is 1. The van der Waals surface area contributed by atoms with E-state index in [1.54, 1.807) is 0 Å². The molecule has 1 saturated heterocycles. The van der Waals surface area contributed by atoms with Gasteiger partial charge in [-0.15, -0.1) is 0 Å². The molecule has 1 atom stereocenters. The first-order valence-corrected chi connectivity index (χ1v) is 8.33. The fraction of sp³-hybridized carbons (Fsp3) is 0.500. The van der Waals surface area contributed by atoms with E-state index in [0.29, 0.717) is 0 Å². The second-order valence-electron chi connectivity index (χ2n) is 6.73. The van der Waals surface area contributed by atoms with Crippen LogP contribution in [0.4, 0.5) is 0 Å². The number of benzene rings is 1. The molecule has 1 amide bonds. The molecule has 6 heteroatoms. The van der Waals surface area contributed by atoms with Crippen LogP contribution in [-0.2, 0) is 14.1 Å². The molecule has 1 aromatic rings. The smallest absolute Gasteiger partial charge is 0.399 e. The first-order valence-electron chi connectivity index (χ1n) is 7.45. The molecule has 22 heavy (non-hydrogen) atoms. The van der Waals surface area contributed by atoms with Crippen LogP contribution in [-0.4, -0.2) is 34.5 Å². The van der Waals surface area contributed by atoms with Crippen LogP contribution in [0.5, 0.6) is 0 Å². The summed E-state index contributed by atoms with van der Waals surface area (Å²) in [5.74, 6) is -0.0602. The van der Waals surface area contributed by atoms with Gasteiger partial charge in [-0.2, -0.15) is 0 Å². The Kier molecular flexibility index (Phi) is 3.74. The van der Waals surface area contributed by atoms with Crippen molar-refractivity contribution in [3.05, 3.63) is 29.8 Å². The van der Waals surface area contributed by atoms with E-state index in [0.717, 1.165) is 16.1 Å². The maximum Gasteiger partial charge on any atom is 0.494 e. The lowest BCUT2D eigenvalue weighted by Crippen LogP contribution is -2.41. The van der Waals surface area contributed by atoms with Gasteiger partial charge < -0.3 is 9.31 Å². The third-order valence-corrected chi connectivity index (χ3v) is 5.64. The van der Waals surface area contributed by atoms with E-state index in [1.807, 2.05) is 58.9 Å². The molecule has 2 aliphatic heterocycles. The van der Waals surface area contributed by atoms with E-state index in [2.05, 4.69) is 4.99 Å². The van der Waals surface area contributed by atoms with Gasteiger partial charge in [-0.3, -0.25) is 4.79 Å². The zero-order chi connectivity index (χ0) is 16.1. The summed E-state index contributed by atoms with van der Waals surface area (Å²) in [7, 11) is -0.363. The zero-order valence-corrected chi connectivity index (χ0v) is 14.4. The standard InChI is InChI=1S/C16H20BNO3S/c1-10-13(19)18-14(22-10)11-6-8-12(9-7-11)17-20-15(2,3)16(4,5)21-17/h6-10H,1-5H3. The fourth-order valence-electron chi connectivity index (χ4n) is 2.33. The molecule has 1 aromatic carbocycles. The monoisotopic (exact) mass is 317 g/mol. The van der Waals surface area contributed by atoms with Gasteiger partial charge in [0, 0.05) is 5.56 Å². The molecular weight excluding hydrogens is 297 g/mol. The van der Waals surface area contributed by atoms with Crippen LogP contribution in [0.2, 0.25) is 0 Å². The lowest BCUT2D eigenvalue weighted by atomic mass is 9.79. The Labute approximate surface area is 135 Å². The van der Waals surface area contributed by atoms with Crippen molar-refractivity contribution in [2.75, 3.05) is 0 Å². The zero-order valence-electron chi connectivity index (χ0n) is 13.5. The van der Waals surface area contributed by atoms with Gasteiger partial charge in [-0.1, -0.05) is 36.0 Å². The van der Waals surface area contributed by atoms with Gasteiger partial charge in [0.25, 0.3) is 5.91 Å². The lowest BCUT2D eigenvalue weighted by molar-refractivity contribution is -0.116. The maximum atomic E-state index is 11.5. The molecule has 0 radical (unpaired) electrons. The number of hydrogen-bond donors (Lipinski definition) is 0. The van der Waals surface area contributed by atoms with Gasteiger partial charge in [-0.05, 0) is 40.1 Å². The van der Waals surface area contributed by atoms with Crippen molar-refractivity contribution in [3.63, 3.8) is 0 Å². The average molecular weight is 317 g/mol. The van der Waals surface area contributed by atoms with Crippen LogP contribution in [0.25, 0.3) is 0 Å². The maximum absolute atomic E-state index is 11.5. The Morgan fingerprint density at radius 2 is 1.64 bits per heavy atom. The largest absolute Gasteiger partial charge is 0.494 e. The summed E-state index contributed by atoms with van der Waals surface area (Å²) < 4.78 is 12.1. The van der Waals surface area contributed by atoms with Crippen molar-refractivity contribution in [2.45, 2.75) is 51.1 Å². The SMILES string of the molecule is CC1SC(c2ccc(B3OC(C)(C)C(C)(C)O3)cc2)=NC1=O. The Balaban J connectivity index is 1.79. The molecular formula is C16H20BNO3S. The van der Waals surface area contributed by atoms with Gasteiger partial charge >= 0.3 is 7.12 Å². The normalized spacial score (nSPS) is 26.4. The lowest BCUT2D eigenvalue weighted by Gasteiger charge is -2.32. The van der Waals surface area contributed by atoms with Crippen molar-refractivity contribution < 1.29 is 14.1 Å². The second-order valence-corrected chi connectivity index (χ2v) is 8.06. The van der Waals surface area contributed by atoms with E-state index in [1.165, 1.54) is 11.8 Å². The Morgan fingerprint density at radius 3 is 2.09 bits per heavy atom. The number of amides is 1. The molecule has 0 aliphatic carbocycles. The minimum absolute atomic E-state index is 0.0602. The van der Waals surface area contributed by atoms with E-state index >= 15 is 0 Å². The summed E-state index contributed by atoms with van der Waals surface area (Å²) in [5.41, 5.74) is 1.25. The number of thioether (sulfide) groups is 1. The molecule has 2 heterocycles. The van der Waals surface area contributed by atoms with Crippen LogP contribution >= 0.6 is 11.8 Å². The van der Waals surface area contributed by atoms with Crippen molar-refractivity contribution in [1.82, 2.24) is 0 Å². The van der Waals surface area contributed by atoms with Crippen LogP contribution in [0.3, 0.4) is 0 Å². The van der Waals surface area contributed by atoms with Crippen LogP contribution in [0, 0.1) is 0 Å². The van der Waals surface area contributed by atoms with Gasteiger partial charge in [0.15, 0.2) is 0 Å². The molecule has 0 N–H and O–H groups in total. The van der Waals surface area contributed by atoms with E-state index < -0.39 is 0 Å². The number of aliphatic imine (C=N–C) groups is 1. The number of nitrogens with zero attached hydrogens (tertiary/aromatic N) is 1. The van der Waals surface area contributed by atoms with Gasteiger partial charge in [0.2, 0.25) is 0 Å². The molecule has 1 unspecified atom stereocenters. The van der Waals surface area contributed by atoms with Crippen molar-refractivity contribution in [2.24, 2.45) is 4.99 Å². The quantitative estimate of drug-likeness (QED) is 0.786. The molecule has 2 aliphatic rings. The van der Waals surface area contributed by atoms with E-state index in [9.17, 15) is 4.79 Å². The number of rotatable bonds is 2. The third-order valence-electron chi connectivity index (χ3n) is 4.53. The summed E-state index contributed by atoms with van der Waals surface area (Å²) in [6.07, 6.45) is 0. The molecule has 0 aromatic heterocycles. The van der Waals surface area contributed by atoms with Crippen LogP contribution in [0.1, 0.15) is 40.2 Å². The highest BCUT2D eigenvalue weighted by Gasteiger charge is 2.51. The Bertz CT molecular complexity index is 623. The summed E-state index contributed by atoms with van der Waals surface area (Å²) in [6.45, 7) is 10.0. The highest BCUT2D eigenvalue weighted by atomic mass is 32.2.